The number of halogens is 1. The molecule has 4 heteroatoms. The summed E-state index contributed by atoms with van der Waals surface area (Å²) in [5, 5.41) is 0.578. The van der Waals surface area contributed by atoms with Crippen molar-refractivity contribution in [2.75, 3.05) is 18.0 Å². The second kappa shape index (κ2) is 5.67. The van der Waals surface area contributed by atoms with E-state index in [-0.39, 0.29) is 0 Å². The molecule has 0 amide bonds. The summed E-state index contributed by atoms with van der Waals surface area (Å²) >= 11 is 6.09. The van der Waals surface area contributed by atoms with Crippen LogP contribution in [0.3, 0.4) is 0 Å². The van der Waals surface area contributed by atoms with Gasteiger partial charge in [0.05, 0.1) is 0 Å². The summed E-state index contributed by atoms with van der Waals surface area (Å²) in [5.41, 5.74) is 0. The first-order valence-corrected chi connectivity index (χ1v) is 6.91. The fourth-order valence-electron chi connectivity index (χ4n) is 1.99. The van der Waals surface area contributed by atoms with Crippen molar-refractivity contribution >= 4 is 17.4 Å². The van der Waals surface area contributed by atoms with E-state index in [2.05, 4.69) is 28.7 Å². The predicted octanol–water partition coefficient (Wildman–Crippen LogP) is 3.63. The van der Waals surface area contributed by atoms with Gasteiger partial charge in [0.25, 0.3) is 0 Å². The van der Waals surface area contributed by atoms with Crippen LogP contribution in [0.15, 0.2) is 6.07 Å². The average molecular weight is 254 g/mol. The minimum atomic E-state index is 0.553. The Labute approximate surface area is 108 Å². The molecule has 0 atom stereocenters. The number of aromatic nitrogens is 2. The van der Waals surface area contributed by atoms with Gasteiger partial charge in [-0.25, -0.2) is 9.97 Å². The maximum Gasteiger partial charge on any atom is 0.135 e. The predicted molar refractivity (Wildman–Crippen MR) is 71.8 cm³/mol. The van der Waals surface area contributed by atoms with Crippen molar-refractivity contribution < 1.29 is 0 Å². The van der Waals surface area contributed by atoms with Crippen LogP contribution in [0, 0.1) is 0 Å². The van der Waals surface area contributed by atoms with Crippen LogP contribution in [0.25, 0.3) is 0 Å². The molecular formula is C13H20ClN3. The van der Waals surface area contributed by atoms with Crippen LogP contribution >= 0.6 is 11.6 Å². The summed E-state index contributed by atoms with van der Waals surface area (Å²) in [4.78, 5) is 11.3. The molecule has 1 aromatic heterocycles. The standard InChI is InChI=1S/C13H20ClN3/c1-3-7-17(8-4-2)12-9-11(14)15-13(16-12)10-5-6-10/h9-10H,3-8H2,1-2H3. The molecule has 0 radical (unpaired) electrons. The summed E-state index contributed by atoms with van der Waals surface area (Å²) in [6.45, 7) is 6.44. The highest BCUT2D eigenvalue weighted by molar-refractivity contribution is 6.29. The summed E-state index contributed by atoms with van der Waals surface area (Å²) < 4.78 is 0. The van der Waals surface area contributed by atoms with E-state index in [1.807, 2.05) is 6.07 Å². The molecule has 1 aliphatic rings. The van der Waals surface area contributed by atoms with Gasteiger partial charge in [0, 0.05) is 25.1 Å². The molecular weight excluding hydrogens is 234 g/mol. The summed E-state index contributed by atoms with van der Waals surface area (Å²) in [7, 11) is 0. The van der Waals surface area contributed by atoms with Crippen molar-refractivity contribution in [1.82, 2.24) is 9.97 Å². The zero-order valence-corrected chi connectivity index (χ0v) is 11.4. The number of hydrogen-bond acceptors (Lipinski definition) is 3. The van der Waals surface area contributed by atoms with Gasteiger partial charge in [0.1, 0.15) is 16.8 Å². The van der Waals surface area contributed by atoms with E-state index < -0.39 is 0 Å². The minimum Gasteiger partial charge on any atom is -0.356 e. The quantitative estimate of drug-likeness (QED) is 0.725. The third-order valence-electron chi connectivity index (χ3n) is 2.95. The van der Waals surface area contributed by atoms with E-state index in [1.54, 1.807) is 0 Å². The third kappa shape index (κ3) is 3.32. The Kier molecular flexibility index (Phi) is 4.21. The fraction of sp³-hybridized carbons (Fsp3) is 0.692. The van der Waals surface area contributed by atoms with Crippen LogP contribution in [-0.4, -0.2) is 23.1 Å². The molecule has 0 aromatic carbocycles. The van der Waals surface area contributed by atoms with Gasteiger partial charge in [-0.05, 0) is 25.7 Å². The maximum atomic E-state index is 6.09. The van der Waals surface area contributed by atoms with Crippen LogP contribution in [0.2, 0.25) is 5.15 Å². The largest absolute Gasteiger partial charge is 0.356 e. The molecule has 17 heavy (non-hydrogen) atoms. The van der Waals surface area contributed by atoms with Gasteiger partial charge in [-0.15, -0.1) is 0 Å². The molecule has 1 heterocycles. The molecule has 1 fully saturated rings. The molecule has 0 saturated heterocycles. The topological polar surface area (TPSA) is 29.0 Å². The molecule has 94 valence electrons. The van der Waals surface area contributed by atoms with E-state index in [9.17, 15) is 0 Å². The van der Waals surface area contributed by atoms with Gasteiger partial charge in [-0.2, -0.15) is 0 Å². The first-order valence-electron chi connectivity index (χ1n) is 6.54. The van der Waals surface area contributed by atoms with Gasteiger partial charge in [0.15, 0.2) is 0 Å². The SMILES string of the molecule is CCCN(CCC)c1cc(Cl)nc(C2CC2)n1. The molecule has 3 nitrogen and oxygen atoms in total. The highest BCUT2D eigenvalue weighted by Crippen LogP contribution is 2.39. The van der Waals surface area contributed by atoms with Crippen molar-refractivity contribution in [3.05, 3.63) is 17.0 Å². The molecule has 1 aromatic rings. The third-order valence-corrected chi connectivity index (χ3v) is 3.15. The van der Waals surface area contributed by atoms with Crippen molar-refractivity contribution in [1.29, 1.82) is 0 Å². The van der Waals surface area contributed by atoms with Crippen LogP contribution in [0.4, 0.5) is 5.82 Å². The first-order chi connectivity index (χ1) is 8.24. The van der Waals surface area contributed by atoms with Crippen LogP contribution in [0.5, 0.6) is 0 Å². The van der Waals surface area contributed by atoms with Gasteiger partial charge >= 0.3 is 0 Å². The van der Waals surface area contributed by atoms with Gasteiger partial charge in [-0.3, -0.25) is 0 Å². The lowest BCUT2D eigenvalue weighted by molar-refractivity contribution is 0.727. The number of rotatable bonds is 6. The summed E-state index contributed by atoms with van der Waals surface area (Å²) in [6.07, 6.45) is 4.67. The maximum absolute atomic E-state index is 6.09. The lowest BCUT2D eigenvalue weighted by atomic mass is 10.3. The Balaban J connectivity index is 2.21. The monoisotopic (exact) mass is 253 g/mol. The Bertz CT molecular complexity index is 371. The fourth-order valence-corrected chi connectivity index (χ4v) is 2.17. The van der Waals surface area contributed by atoms with Gasteiger partial charge in [0.2, 0.25) is 0 Å². The second-order valence-corrected chi connectivity index (χ2v) is 5.06. The van der Waals surface area contributed by atoms with Gasteiger partial charge < -0.3 is 4.90 Å². The number of hydrogen-bond donors (Lipinski definition) is 0. The highest BCUT2D eigenvalue weighted by atomic mass is 35.5. The van der Waals surface area contributed by atoms with Gasteiger partial charge in [-0.1, -0.05) is 25.4 Å². The molecule has 0 bridgehead atoms. The summed E-state index contributed by atoms with van der Waals surface area (Å²) in [6, 6.07) is 1.89. The second-order valence-electron chi connectivity index (χ2n) is 4.67. The summed E-state index contributed by atoms with van der Waals surface area (Å²) in [5.74, 6) is 2.48. The Morgan fingerprint density at radius 3 is 2.41 bits per heavy atom. The smallest absolute Gasteiger partial charge is 0.135 e. The highest BCUT2D eigenvalue weighted by Gasteiger charge is 2.27. The molecule has 0 aliphatic heterocycles. The minimum absolute atomic E-state index is 0.553. The van der Waals surface area contributed by atoms with Crippen molar-refractivity contribution in [2.45, 2.75) is 45.4 Å². The molecule has 0 unspecified atom stereocenters. The van der Waals surface area contributed by atoms with Crippen molar-refractivity contribution in [3.63, 3.8) is 0 Å². The number of anilines is 1. The normalized spacial score (nSPS) is 15.0. The van der Waals surface area contributed by atoms with Crippen molar-refractivity contribution in [3.8, 4) is 0 Å². The Morgan fingerprint density at radius 1 is 1.24 bits per heavy atom. The van der Waals surface area contributed by atoms with E-state index in [0.717, 1.165) is 37.6 Å². The lowest BCUT2D eigenvalue weighted by Gasteiger charge is -2.23. The first kappa shape index (κ1) is 12.6. The zero-order chi connectivity index (χ0) is 12.3. The van der Waals surface area contributed by atoms with Crippen LogP contribution < -0.4 is 4.90 Å². The molecule has 1 saturated carbocycles. The number of nitrogens with zero attached hydrogens (tertiary/aromatic N) is 3. The van der Waals surface area contributed by atoms with E-state index in [0.29, 0.717) is 11.1 Å². The van der Waals surface area contributed by atoms with E-state index in [4.69, 9.17) is 11.6 Å². The average Bonchev–Trinajstić information content (AvgIpc) is 3.12. The molecule has 1 aliphatic carbocycles. The molecule has 2 rings (SSSR count). The Hall–Kier alpha value is -0.830. The van der Waals surface area contributed by atoms with Crippen LogP contribution in [0.1, 0.15) is 51.3 Å². The lowest BCUT2D eigenvalue weighted by Crippen LogP contribution is -2.26. The Morgan fingerprint density at radius 2 is 1.88 bits per heavy atom. The zero-order valence-electron chi connectivity index (χ0n) is 10.6. The van der Waals surface area contributed by atoms with Crippen molar-refractivity contribution in [2.24, 2.45) is 0 Å². The van der Waals surface area contributed by atoms with E-state index >= 15 is 0 Å². The van der Waals surface area contributed by atoms with Crippen LogP contribution in [-0.2, 0) is 0 Å². The van der Waals surface area contributed by atoms with E-state index in [1.165, 1.54) is 12.8 Å². The molecule has 0 spiro atoms. The molecule has 0 N–H and O–H groups in total.